The monoisotopic (exact) mass is 504 g/mol. The van der Waals surface area contributed by atoms with Crippen molar-refractivity contribution in [1.82, 2.24) is 0 Å². The molecule has 0 saturated heterocycles. The average molecular weight is 505 g/mol. The molecule has 0 aliphatic rings. The van der Waals surface area contributed by atoms with Gasteiger partial charge in [-0.2, -0.15) is 0 Å². The van der Waals surface area contributed by atoms with Crippen LogP contribution in [0, 0.1) is 6.92 Å². The number of hydrogen-bond acceptors (Lipinski definition) is 3. The van der Waals surface area contributed by atoms with Crippen LogP contribution in [0.5, 0.6) is 5.75 Å². The summed E-state index contributed by atoms with van der Waals surface area (Å²) in [6, 6.07) is 28.4. The van der Waals surface area contributed by atoms with Gasteiger partial charge < -0.3 is 9.84 Å². The summed E-state index contributed by atoms with van der Waals surface area (Å²) in [7, 11) is 0. The fraction of sp³-hybridized carbons (Fsp3) is 0.176. The lowest BCUT2D eigenvalue weighted by atomic mass is 9.79. The Morgan fingerprint density at radius 3 is 2.05 bits per heavy atom. The molecular weight excluding hydrogens is 472 g/mol. The van der Waals surface area contributed by atoms with Crippen molar-refractivity contribution >= 4 is 17.8 Å². The predicted octanol–water partition coefficient (Wildman–Crippen LogP) is 8.13. The van der Waals surface area contributed by atoms with Crippen LogP contribution in [0.1, 0.15) is 63.7 Å². The van der Waals surface area contributed by atoms with Crippen molar-refractivity contribution in [2.24, 2.45) is 0 Å². The number of ketones is 1. The zero-order chi connectivity index (χ0) is 27.3. The van der Waals surface area contributed by atoms with E-state index in [-0.39, 0.29) is 16.8 Å². The molecule has 0 fully saturated rings. The molecule has 4 aromatic carbocycles. The molecule has 0 aromatic heterocycles. The van der Waals surface area contributed by atoms with Gasteiger partial charge >= 0.3 is 5.97 Å². The Bertz CT molecular complexity index is 1460. The number of hydrogen-bond donors (Lipinski definition) is 1. The summed E-state index contributed by atoms with van der Waals surface area (Å²) in [5, 5.41) is 9.13. The van der Waals surface area contributed by atoms with Crippen molar-refractivity contribution in [2.75, 3.05) is 0 Å². The predicted molar refractivity (Wildman–Crippen MR) is 153 cm³/mol. The van der Waals surface area contributed by atoms with Crippen molar-refractivity contribution in [1.29, 1.82) is 0 Å². The van der Waals surface area contributed by atoms with Crippen molar-refractivity contribution < 1.29 is 19.4 Å². The van der Waals surface area contributed by atoms with Crippen molar-refractivity contribution in [3.8, 4) is 16.9 Å². The lowest BCUT2D eigenvalue weighted by Gasteiger charge is -2.29. The van der Waals surface area contributed by atoms with Crippen LogP contribution in [0.3, 0.4) is 0 Å². The van der Waals surface area contributed by atoms with Crippen LogP contribution in [-0.2, 0) is 12.0 Å². The number of ether oxygens (including phenoxy) is 1. The molecular formula is C34H32O4. The molecule has 192 valence electrons. The van der Waals surface area contributed by atoms with Gasteiger partial charge in [0.25, 0.3) is 0 Å². The summed E-state index contributed by atoms with van der Waals surface area (Å²) in [6.07, 6.45) is 3.26. The summed E-state index contributed by atoms with van der Waals surface area (Å²) in [4.78, 5) is 24.7. The first kappa shape index (κ1) is 26.6. The van der Waals surface area contributed by atoms with Crippen molar-refractivity contribution in [3.63, 3.8) is 0 Å². The van der Waals surface area contributed by atoms with E-state index in [0.29, 0.717) is 12.2 Å². The maximum absolute atomic E-state index is 13.5. The number of carbonyl (C=O) groups excluding carboxylic acids is 1. The number of benzene rings is 4. The molecule has 38 heavy (non-hydrogen) atoms. The molecule has 0 saturated carbocycles. The van der Waals surface area contributed by atoms with Gasteiger partial charge in [-0.25, -0.2) is 4.79 Å². The van der Waals surface area contributed by atoms with E-state index in [0.717, 1.165) is 39.1 Å². The zero-order valence-electron chi connectivity index (χ0n) is 22.2. The van der Waals surface area contributed by atoms with E-state index >= 15 is 0 Å². The molecule has 0 unspecified atom stereocenters. The second-order valence-corrected chi connectivity index (χ2v) is 10.3. The van der Waals surface area contributed by atoms with Crippen LogP contribution in [-0.4, -0.2) is 16.9 Å². The molecule has 4 heteroatoms. The minimum Gasteiger partial charge on any atom is -0.488 e. The highest BCUT2D eigenvalue weighted by atomic mass is 16.5. The minimum atomic E-state index is -0.982. The van der Waals surface area contributed by atoms with Crippen molar-refractivity contribution in [2.45, 2.75) is 39.7 Å². The Hall–Kier alpha value is -4.44. The Morgan fingerprint density at radius 1 is 0.868 bits per heavy atom. The van der Waals surface area contributed by atoms with Gasteiger partial charge in [-0.15, -0.1) is 0 Å². The van der Waals surface area contributed by atoms with E-state index in [1.54, 1.807) is 24.3 Å². The maximum Gasteiger partial charge on any atom is 0.335 e. The van der Waals surface area contributed by atoms with Gasteiger partial charge in [0, 0.05) is 16.7 Å². The number of carbonyl (C=O) groups is 2. The average Bonchev–Trinajstić information content (AvgIpc) is 2.91. The van der Waals surface area contributed by atoms with Gasteiger partial charge in [0.05, 0.1) is 5.56 Å². The smallest absolute Gasteiger partial charge is 0.335 e. The fourth-order valence-electron chi connectivity index (χ4n) is 4.63. The number of allylic oxidation sites excluding steroid dienone is 1. The molecule has 0 bridgehead atoms. The van der Waals surface area contributed by atoms with Crippen LogP contribution in [0.2, 0.25) is 0 Å². The van der Waals surface area contributed by atoms with Crippen LogP contribution in [0.4, 0.5) is 0 Å². The van der Waals surface area contributed by atoms with E-state index in [1.165, 1.54) is 12.1 Å². The van der Waals surface area contributed by atoms with E-state index in [2.05, 4.69) is 20.8 Å². The molecule has 4 nitrogen and oxygen atoms in total. The number of aromatic carboxylic acids is 1. The second kappa shape index (κ2) is 11.3. The minimum absolute atomic E-state index is 0.123. The summed E-state index contributed by atoms with van der Waals surface area (Å²) < 4.78 is 6.53. The normalized spacial score (nSPS) is 11.5. The molecule has 0 spiro atoms. The first-order chi connectivity index (χ1) is 18.1. The van der Waals surface area contributed by atoms with Crippen LogP contribution in [0.15, 0.2) is 97.1 Å². The van der Waals surface area contributed by atoms with Crippen LogP contribution >= 0.6 is 0 Å². The van der Waals surface area contributed by atoms with Gasteiger partial charge in [-0.05, 0) is 58.9 Å². The van der Waals surface area contributed by atoms with E-state index in [9.17, 15) is 9.59 Å². The van der Waals surface area contributed by atoms with E-state index in [4.69, 9.17) is 9.84 Å². The number of rotatable bonds is 8. The maximum atomic E-state index is 13.5. The molecule has 0 radical (unpaired) electrons. The third-order valence-corrected chi connectivity index (χ3v) is 6.45. The van der Waals surface area contributed by atoms with Gasteiger partial charge in [0.1, 0.15) is 12.4 Å². The molecule has 0 aliphatic carbocycles. The second-order valence-electron chi connectivity index (χ2n) is 10.3. The summed E-state index contributed by atoms with van der Waals surface area (Å²) >= 11 is 0. The largest absolute Gasteiger partial charge is 0.488 e. The van der Waals surface area contributed by atoms with E-state index in [1.807, 2.05) is 73.7 Å². The summed E-state index contributed by atoms with van der Waals surface area (Å²) in [5.74, 6) is -0.318. The first-order valence-electron chi connectivity index (χ1n) is 12.6. The number of carboxylic acids is 1. The van der Waals surface area contributed by atoms with Crippen LogP contribution in [0.25, 0.3) is 17.2 Å². The fourth-order valence-corrected chi connectivity index (χ4v) is 4.63. The highest BCUT2D eigenvalue weighted by molar-refractivity contribution is 6.09. The summed E-state index contributed by atoms with van der Waals surface area (Å²) in [5.41, 5.74) is 6.09. The van der Waals surface area contributed by atoms with Crippen LogP contribution < -0.4 is 4.74 Å². The molecule has 0 atom stereocenters. The Labute approximate surface area is 224 Å². The quantitative estimate of drug-likeness (QED) is 0.194. The van der Waals surface area contributed by atoms with Gasteiger partial charge in [0.2, 0.25) is 0 Å². The number of carboxylic acid groups (broad SMARTS) is 1. The Balaban J connectivity index is 1.80. The van der Waals surface area contributed by atoms with Crippen molar-refractivity contribution in [3.05, 3.63) is 130 Å². The van der Waals surface area contributed by atoms with Gasteiger partial charge in [-0.1, -0.05) is 99.6 Å². The highest BCUT2D eigenvalue weighted by Crippen LogP contribution is 2.43. The standard InChI is InChI=1S/C34H32O4/c1-23-28(30(35)20-17-24-15-18-27(19-16-24)33(36)37)21-29(26-13-9-6-10-14-26)32(31(23)34(2,3)4)38-22-25-11-7-5-8-12-25/h5-21H,22H2,1-4H3,(H,36,37)/b20-17+. The SMILES string of the molecule is Cc1c(C(=O)/C=C/c2ccc(C(=O)O)cc2)cc(-c2ccccc2)c(OCc2ccccc2)c1C(C)(C)C. The molecule has 4 rings (SSSR count). The van der Waals surface area contributed by atoms with E-state index < -0.39 is 5.97 Å². The highest BCUT2D eigenvalue weighted by Gasteiger charge is 2.28. The molecule has 1 N–H and O–H groups in total. The lowest BCUT2D eigenvalue weighted by Crippen LogP contribution is -2.18. The van der Waals surface area contributed by atoms with Gasteiger partial charge in [0.15, 0.2) is 5.78 Å². The molecule has 0 amide bonds. The molecule has 0 heterocycles. The Kier molecular flexibility index (Phi) is 7.92. The first-order valence-corrected chi connectivity index (χ1v) is 12.6. The third-order valence-electron chi connectivity index (χ3n) is 6.45. The lowest BCUT2D eigenvalue weighted by molar-refractivity contribution is 0.0696. The zero-order valence-corrected chi connectivity index (χ0v) is 22.2. The summed E-state index contributed by atoms with van der Waals surface area (Å²) in [6.45, 7) is 8.80. The molecule has 4 aromatic rings. The Morgan fingerprint density at radius 2 is 1.47 bits per heavy atom. The third kappa shape index (κ3) is 6.09. The topological polar surface area (TPSA) is 63.6 Å². The van der Waals surface area contributed by atoms with Gasteiger partial charge in [-0.3, -0.25) is 4.79 Å². The molecule has 0 aliphatic heterocycles.